The van der Waals surface area contributed by atoms with Gasteiger partial charge in [0.15, 0.2) is 0 Å². The summed E-state index contributed by atoms with van der Waals surface area (Å²) in [6, 6.07) is 0.184. The zero-order valence-corrected chi connectivity index (χ0v) is 12.1. The van der Waals surface area contributed by atoms with Crippen LogP contribution < -0.4 is 5.73 Å². The van der Waals surface area contributed by atoms with Gasteiger partial charge in [-0.15, -0.1) is 11.3 Å². The topological polar surface area (TPSA) is 56.7 Å². The second-order valence-corrected chi connectivity index (χ2v) is 5.98. The Bertz CT molecular complexity index is 466. The Hall–Kier alpha value is -1.20. The summed E-state index contributed by atoms with van der Waals surface area (Å²) >= 11 is 1.63. The summed E-state index contributed by atoms with van der Waals surface area (Å²) < 4.78 is 1.92. The summed E-state index contributed by atoms with van der Waals surface area (Å²) in [5, 5.41) is 7.37. The first kappa shape index (κ1) is 13.2. The van der Waals surface area contributed by atoms with E-state index in [1.54, 1.807) is 11.3 Å². The molecular formula is C13H20N4S. The molecule has 0 saturated carbocycles. The van der Waals surface area contributed by atoms with Crippen molar-refractivity contribution in [1.29, 1.82) is 0 Å². The average Bonchev–Trinajstić information content (AvgIpc) is 2.97. The third-order valence-electron chi connectivity index (χ3n) is 2.91. The number of hydrogen-bond donors (Lipinski definition) is 1. The van der Waals surface area contributed by atoms with Gasteiger partial charge in [-0.25, -0.2) is 4.98 Å². The van der Waals surface area contributed by atoms with Crippen LogP contribution in [0.2, 0.25) is 0 Å². The van der Waals surface area contributed by atoms with E-state index in [4.69, 9.17) is 5.73 Å². The van der Waals surface area contributed by atoms with Gasteiger partial charge in [0.2, 0.25) is 0 Å². The lowest BCUT2D eigenvalue weighted by molar-refractivity contribution is 0.532. The first-order valence-electron chi connectivity index (χ1n) is 6.24. The van der Waals surface area contributed by atoms with E-state index < -0.39 is 0 Å². The van der Waals surface area contributed by atoms with Crippen LogP contribution >= 0.6 is 11.3 Å². The predicted octanol–water partition coefficient (Wildman–Crippen LogP) is 3.09. The average molecular weight is 264 g/mol. The lowest BCUT2D eigenvalue weighted by Crippen LogP contribution is -2.11. The molecule has 2 aromatic heterocycles. The molecule has 2 N–H and O–H groups in total. The molecule has 98 valence electrons. The van der Waals surface area contributed by atoms with Crippen molar-refractivity contribution in [3.63, 3.8) is 0 Å². The Kier molecular flexibility index (Phi) is 3.82. The van der Waals surface area contributed by atoms with Gasteiger partial charge < -0.3 is 5.73 Å². The minimum absolute atomic E-state index is 0.171. The van der Waals surface area contributed by atoms with Gasteiger partial charge in [-0.2, -0.15) is 5.10 Å². The molecule has 0 fully saturated rings. The maximum absolute atomic E-state index is 6.24. The summed E-state index contributed by atoms with van der Waals surface area (Å²) in [6.07, 6.45) is 3.84. The van der Waals surface area contributed by atoms with Crippen molar-refractivity contribution in [2.75, 3.05) is 0 Å². The fourth-order valence-electron chi connectivity index (χ4n) is 1.65. The van der Waals surface area contributed by atoms with Gasteiger partial charge >= 0.3 is 0 Å². The lowest BCUT2D eigenvalue weighted by atomic mass is 10.1. The first-order valence-corrected chi connectivity index (χ1v) is 7.12. The SMILES string of the molecule is CC(C)c1csc(C(N)c2cnn(C(C)C)c2)n1. The maximum atomic E-state index is 6.24. The second-order valence-electron chi connectivity index (χ2n) is 5.09. The van der Waals surface area contributed by atoms with Crippen molar-refractivity contribution >= 4 is 11.3 Å². The molecule has 4 nitrogen and oxygen atoms in total. The van der Waals surface area contributed by atoms with E-state index in [9.17, 15) is 0 Å². The van der Waals surface area contributed by atoms with Crippen LogP contribution in [0.1, 0.15) is 62.0 Å². The summed E-state index contributed by atoms with van der Waals surface area (Å²) in [4.78, 5) is 4.60. The Morgan fingerprint density at radius 3 is 2.50 bits per heavy atom. The number of thiazole rings is 1. The zero-order valence-electron chi connectivity index (χ0n) is 11.3. The number of nitrogens with zero attached hydrogens (tertiary/aromatic N) is 3. The summed E-state index contributed by atoms with van der Waals surface area (Å²) in [5.74, 6) is 0.445. The van der Waals surface area contributed by atoms with E-state index >= 15 is 0 Å². The van der Waals surface area contributed by atoms with E-state index in [0.29, 0.717) is 12.0 Å². The number of rotatable bonds is 4. The van der Waals surface area contributed by atoms with Crippen LogP contribution in [0.4, 0.5) is 0 Å². The van der Waals surface area contributed by atoms with Gasteiger partial charge in [-0.3, -0.25) is 4.68 Å². The van der Waals surface area contributed by atoms with Crippen LogP contribution in [0.25, 0.3) is 0 Å². The Balaban J connectivity index is 2.21. The molecule has 1 unspecified atom stereocenters. The van der Waals surface area contributed by atoms with Gasteiger partial charge in [0, 0.05) is 23.2 Å². The molecule has 0 aliphatic carbocycles. The molecule has 0 aromatic carbocycles. The van der Waals surface area contributed by atoms with E-state index in [-0.39, 0.29) is 6.04 Å². The molecule has 0 amide bonds. The molecule has 1 atom stereocenters. The van der Waals surface area contributed by atoms with Crippen LogP contribution in [0, 0.1) is 0 Å². The molecule has 2 rings (SSSR count). The maximum Gasteiger partial charge on any atom is 0.114 e. The van der Waals surface area contributed by atoms with Crippen molar-refractivity contribution in [2.45, 2.75) is 45.7 Å². The second kappa shape index (κ2) is 5.20. The Morgan fingerprint density at radius 2 is 2.00 bits per heavy atom. The highest BCUT2D eigenvalue weighted by Gasteiger charge is 2.16. The molecule has 0 aliphatic heterocycles. The van der Waals surface area contributed by atoms with Crippen molar-refractivity contribution in [3.05, 3.63) is 34.0 Å². The van der Waals surface area contributed by atoms with Gasteiger partial charge in [-0.05, 0) is 19.8 Å². The monoisotopic (exact) mass is 264 g/mol. The highest BCUT2D eigenvalue weighted by molar-refractivity contribution is 7.09. The minimum atomic E-state index is -0.171. The van der Waals surface area contributed by atoms with Crippen LogP contribution in [-0.2, 0) is 0 Å². The van der Waals surface area contributed by atoms with E-state index in [1.807, 2.05) is 17.1 Å². The van der Waals surface area contributed by atoms with Crippen molar-refractivity contribution < 1.29 is 0 Å². The summed E-state index contributed by atoms with van der Waals surface area (Å²) in [5.41, 5.74) is 8.37. The van der Waals surface area contributed by atoms with Crippen LogP contribution in [0.5, 0.6) is 0 Å². The van der Waals surface area contributed by atoms with Crippen molar-refractivity contribution in [2.24, 2.45) is 5.73 Å². The van der Waals surface area contributed by atoms with Crippen molar-refractivity contribution in [1.82, 2.24) is 14.8 Å². The Labute approximate surface area is 112 Å². The highest BCUT2D eigenvalue weighted by atomic mass is 32.1. The highest BCUT2D eigenvalue weighted by Crippen LogP contribution is 2.25. The molecule has 0 radical (unpaired) electrons. The Morgan fingerprint density at radius 1 is 1.28 bits per heavy atom. The lowest BCUT2D eigenvalue weighted by Gasteiger charge is -2.06. The standard InChI is InChI=1S/C13H20N4S/c1-8(2)11-7-18-13(16-11)12(14)10-5-15-17(6-10)9(3)4/h5-9,12H,14H2,1-4H3. The van der Waals surface area contributed by atoms with Crippen LogP contribution in [0.15, 0.2) is 17.8 Å². The van der Waals surface area contributed by atoms with E-state index in [0.717, 1.165) is 16.3 Å². The van der Waals surface area contributed by atoms with Crippen molar-refractivity contribution in [3.8, 4) is 0 Å². The number of aromatic nitrogens is 3. The van der Waals surface area contributed by atoms with Crippen LogP contribution in [0.3, 0.4) is 0 Å². The van der Waals surface area contributed by atoms with Gasteiger partial charge in [0.1, 0.15) is 5.01 Å². The fourth-order valence-corrected chi connectivity index (χ4v) is 2.65. The molecule has 0 spiro atoms. The quantitative estimate of drug-likeness (QED) is 0.923. The van der Waals surface area contributed by atoms with E-state index in [1.165, 1.54) is 0 Å². The molecular weight excluding hydrogens is 244 g/mol. The molecule has 0 aliphatic rings. The molecule has 18 heavy (non-hydrogen) atoms. The molecule has 0 saturated heterocycles. The number of nitrogens with two attached hydrogens (primary N) is 1. The van der Waals surface area contributed by atoms with Gasteiger partial charge in [0.25, 0.3) is 0 Å². The first-order chi connectivity index (χ1) is 8.49. The number of hydrogen-bond acceptors (Lipinski definition) is 4. The van der Waals surface area contributed by atoms with Gasteiger partial charge in [-0.1, -0.05) is 13.8 Å². The third-order valence-corrected chi connectivity index (χ3v) is 3.85. The van der Waals surface area contributed by atoms with Gasteiger partial charge in [0.05, 0.1) is 17.9 Å². The smallest absolute Gasteiger partial charge is 0.114 e. The zero-order chi connectivity index (χ0) is 13.3. The summed E-state index contributed by atoms with van der Waals surface area (Å²) in [7, 11) is 0. The fraction of sp³-hybridized carbons (Fsp3) is 0.538. The minimum Gasteiger partial charge on any atom is -0.318 e. The molecule has 0 bridgehead atoms. The molecule has 2 aromatic rings. The normalized spacial score (nSPS) is 13.5. The largest absolute Gasteiger partial charge is 0.318 e. The van der Waals surface area contributed by atoms with E-state index in [2.05, 4.69) is 43.2 Å². The molecule has 5 heteroatoms. The molecule has 2 heterocycles. The van der Waals surface area contributed by atoms with Crippen LogP contribution in [-0.4, -0.2) is 14.8 Å². The summed E-state index contributed by atoms with van der Waals surface area (Å²) in [6.45, 7) is 8.48. The third kappa shape index (κ3) is 2.62. The predicted molar refractivity (Wildman–Crippen MR) is 74.8 cm³/mol.